The normalized spacial score (nSPS) is 14.8. The van der Waals surface area contributed by atoms with Crippen LogP contribution < -0.4 is 4.74 Å². The predicted molar refractivity (Wildman–Crippen MR) is 111 cm³/mol. The molecule has 0 unspecified atom stereocenters. The van der Waals surface area contributed by atoms with Crippen LogP contribution in [-0.4, -0.2) is 42.6 Å². The number of esters is 1. The second-order valence-corrected chi connectivity index (χ2v) is 7.13. The van der Waals surface area contributed by atoms with Crippen molar-refractivity contribution in [3.63, 3.8) is 0 Å². The maximum absolute atomic E-state index is 12.9. The summed E-state index contributed by atoms with van der Waals surface area (Å²) < 4.78 is 10.6. The Morgan fingerprint density at radius 2 is 1.82 bits per heavy atom. The van der Waals surface area contributed by atoms with Gasteiger partial charge in [-0.25, -0.2) is 0 Å². The summed E-state index contributed by atoms with van der Waals surface area (Å²) in [6, 6.07) is 7.93. The van der Waals surface area contributed by atoms with Crippen molar-refractivity contribution in [3.8, 4) is 5.75 Å². The molecule has 0 heterocycles. The average Bonchev–Trinajstić information content (AvgIpc) is 2.72. The molecule has 2 rings (SSSR count). The lowest BCUT2D eigenvalue weighted by molar-refractivity contribution is -0.144. The average molecular weight is 388 g/mol. The van der Waals surface area contributed by atoms with E-state index in [0.717, 1.165) is 43.4 Å². The Morgan fingerprint density at radius 1 is 1.11 bits per heavy atom. The van der Waals surface area contributed by atoms with E-state index in [9.17, 15) is 9.59 Å². The maximum atomic E-state index is 12.9. The smallest absolute Gasteiger partial charge is 0.307 e. The molecule has 0 saturated heterocycles. The van der Waals surface area contributed by atoms with E-state index in [1.165, 1.54) is 6.42 Å². The number of nitrogens with zero attached hydrogens (tertiary/aromatic N) is 1. The fraction of sp³-hybridized carbons (Fsp3) is 0.565. The van der Waals surface area contributed by atoms with Gasteiger partial charge in [0.05, 0.1) is 19.6 Å². The van der Waals surface area contributed by atoms with Gasteiger partial charge in [-0.05, 0) is 50.0 Å². The monoisotopic (exact) mass is 387 g/mol. The molecule has 0 aromatic heterocycles. The number of amides is 1. The minimum absolute atomic E-state index is 0.0393. The lowest BCUT2D eigenvalue weighted by Gasteiger charge is -2.33. The van der Waals surface area contributed by atoms with Gasteiger partial charge in [-0.1, -0.05) is 38.3 Å². The van der Waals surface area contributed by atoms with Crippen molar-refractivity contribution >= 4 is 18.0 Å². The van der Waals surface area contributed by atoms with Crippen molar-refractivity contribution in [1.82, 2.24) is 4.90 Å². The molecule has 0 aliphatic heterocycles. The van der Waals surface area contributed by atoms with E-state index < -0.39 is 0 Å². The van der Waals surface area contributed by atoms with Crippen LogP contribution in [0.25, 0.3) is 6.08 Å². The fourth-order valence-electron chi connectivity index (χ4n) is 3.47. The zero-order chi connectivity index (χ0) is 20.2. The summed E-state index contributed by atoms with van der Waals surface area (Å²) in [4.78, 5) is 26.5. The first-order valence-corrected chi connectivity index (χ1v) is 10.5. The summed E-state index contributed by atoms with van der Waals surface area (Å²) in [5.74, 6) is 0.550. The van der Waals surface area contributed by atoms with Crippen LogP contribution in [0.3, 0.4) is 0 Å². The second-order valence-electron chi connectivity index (χ2n) is 7.13. The number of carbonyl (C=O) groups is 2. The van der Waals surface area contributed by atoms with Crippen molar-refractivity contribution in [3.05, 3.63) is 35.9 Å². The van der Waals surface area contributed by atoms with Gasteiger partial charge in [-0.15, -0.1) is 0 Å². The highest BCUT2D eigenvalue weighted by atomic mass is 16.5. The van der Waals surface area contributed by atoms with Crippen LogP contribution in [0.15, 0.2) is 30.3 Å². The summed E-state index contributed by atoms with van der Waals surface area (Å²) in [6.45, 7) is 5.35. The van der Waals surface area contributed by atoms with Gasteiger partial charge in [-0.2, -0.15) is 0 Å². The second kappa shape index (κ2) is 12.2. The molecule has 28 heavy (non-hydrogen) atoms. The van der Waals surface area contributed by atoms with E-state index >= 15 is 0 Å². The molecule has 0 spiro atoms. The number of rotatable bonds is 10. The van der Waals surface area contributed by atoms with Crippen molar-refractivity contribution in [2.75, 3.05) is 19.8 Å². The summed E-state index contributed by atoms with van der Waals surface area (Å²) in [6.07, 6.45) is 10.2. The topological polar surface area (TPSA) is 55.8 Å². The third-order valence-electron chi connectivity index (χ3n) is 4.93. The molecular formula is C23H33NO4. The highest BCUT2D eigenvalue weighted by molar-refractivity contribution is 5.92. The van der Waals surface area contributed by atoms with Crippen LogP contribution in [0.4, 0.5) is 0 Å². The van der Waals surface area contributed by atoms with Crippen LogP contribution >= 0.6 is 0 Å². The lowest BCUT2D eigenvalue weighted by Crippen LogP contribution is -2.42. The molecule has 5 nitrogen and oxygen atoms in total. The van der Waals surface area contributed by atoms with Crippen LogP contribution in [0.2, 0.25) is 0 Å². The Balaban J connectivity index is 1.99. The molecule has 0 radical (unpaired) electrons. The minimum Gasteiger partial charge on any atom is -0.494 e. The first kappa shape index (κ1) is 22.0. The summed E-state index contributed by atoms with van der Waals surface area (Å²) >= 11 is 0. The summed E-state index contributed by atoms with van der Waals surface area (Å²) in [5, 5.41) is 0. The molecular weight excluding hydrogens is 354 g/mol. The Bertz CT molecular complexity index is 633. The SMILES string of the molecule is CCCOc1ccc(/C=C/C(=O)N(CCC(=O)OCC)C2CCCCC2)cc1. The number of hydrogen-bond donors (Lipinski definition) is 0. The Labute approximate surface area is 168 Å². The standard InChI is InChI=1S/C23H33NO4/c1-3-18-28-21-13-10-19(11-14-21)12-15-22(25)24(17-16-23(26)27-4-2)20-8-6-5-7-9-20/h10-15,20H,3-9,16-18H2,1-2H3/b15-12+. The highest BCUT2D eigenvalue weighted by Crippen LogP contribution is 2.23. The largest absolute Gasteiger partial charge is 0.494 e. The number of benzene rings is 1. The molecule has 0 bridgehead atoms. The highest BCUT2D eigenvalue weighted by Gasteiger charge is 2.24. The van der Waals surface area contributed by atoms with Crippen LogP contribution in [0.1, 0.15) is 64.4 Å². The van der Waals surface area contributed by atoms with Gasteiger partial charge in [0.15, 0.2) is 0 Å². The molecule has 1 saturated carbocycles. The van der Waals surface area contributed by atoms with E-state index in [4.69, 9.17) is 9.47 Å². The molecule has 0 N–H and O–H groups in total. The van der Waals surface area contributed by atoms with Gasteiger partial charge in [0.2, 0.25) is 5.91 Å². The first-order chi connectivity index (χ1) is 13.6. The fourth-order valence-corrected chi connectivity index (χ4v) is 3.47. The quantitative estimate of drug-likeness (QED) is 0.435. The van der Waals surface area contributed by atoms with Crippen molar-refractivity contribution in [2.24, 2.45) is 0 Å². The predicted octanol–water partition coefficient (Wildman–Crippen LogP) is 4.60. The van der Waals surface area contributed by atoms with Gasteiger partial charge in [0.1, 0.15) is 5.75 Å². The Morgan fingerprint density at radius 3 is 2.46 bits per heavy atom. The van der Waals surface area contributed by atoms with E-state index in [0.29, 0.717) is 19.8 Å². The summed E-state index contributed by atoms with van der Waals surface area (Å²) in [5.41, 5.74) is 0.950. The molecule has 1 aliphatic carbocycles. The van der Waals surface area contributed by atoms with Crippen molar-refractivity contribution < 1.29 is 19.1 Å². The van der Waals surface area contributed by atoms with Crippen LogP contribution in [0.5, 0.6) is 5.75 Å². The number of carbonyl (C=O) groups excluding carboxylic acids is 2. The van der Waals surface area contributed by atoms with Gasteiger partial charge < -0.3 is 14.4 Å². The van der Waals surface area contributed by atoms with Gasteiger partial charge in [0, 0.05) is 18.7 Å². The molecule has 1 aromatic rings. The van der Waals surface area contributed by atoms with E-state index in [2.05, 4.69) is 6.92 Å². The maximum Gasteiger partial charge on any atom is 0.307 e. The molecule has 154 valence electrons. The van der Waals surface area contributed by atoms with Crippen LogP contribution in [0, 0.1) is 0 Å². The van der Waals surface area contributed by atoms with Crippen LogP contribution in [-0.2, 0) is 14.3 Å². The van der Waals surface area contributed by atoms with Crippen molar-refractivity contribution in [1.29, 1.82) is 0 Å². The molecule has 5 heteroatoms. The Hall–Kier alpha value is -2.30. The van der Waals surface area contributed by atoms with Gasteiger partial charge >= 0.3 is 5.97 Å². The number of hydrogen-bond acceptors (Lipinski definition) is 4. The third kappa shape index (κ3) is 7.37. The lowest BCUT2D eigenvalue weighted by atomic mass is 9.94. The molecule has 0 atom stereocenters. The van der Waals surface area contributed by atoms with E-state index in [1.54, 1.807) is 13.0 Å². The van der Waals surface area contributed by atoms with Gasteiger partial charge in [-0.3, -0.25) is 9.59 Å². The molecule has 1 aliphatic rings. The zero-order valence-electron chi connectivity index (χ0n) is 17.2. The first-order valence-electron chi connectivity index (χ1n) is 10.5. The number of ether oxygens (including phenoxy) is 2. The van der Waals surface area contributed by atoms with Gasteiger partial charge in [0.25, 0.3) is 0 Å². The molecule has 1 aromatic carbocycles. The van der Waals surface area contributed by atoms with Crippen molar-refractivity contribution in [2.45, 2.75) is 64.8 Å². The third-order valence-corrected chi connectivity index (χ3v) is 4.93. The summed E-state index contributed by atoms with van der Waals surface area (Å²) in [7, 11) is 0. The Kier molecular flexibility index (Phi) is 9.60. The molecule has 1 amide bonds. The van der Waals surface area contributed by atoms with E-state index in [1.807, 2.05) is 35.2 Å². The molecule has 1 fully saturated rings. The minimum atomic E-state index is -0.247. The zero-order valence-corrected chi connectivity index (χ0v) is 17.2. The van der Waals surface area contributed by atoms with E-state index in [-0.39, 0.29) is 24.3 Å².